The molecule has 2 aromatic heterocycles. The van der Waals surface area contributed by atoms with E-state index in [1.54, 1.807) is 25.6 Å². The van der Waals surface area contributed by atoms with Crippen molar-refractivity contribution in [1.82, 2.24) is 24.4 Å². The third-order valence-electron chi connectivity index (χ3n) is 3.76. The van der Waals surface area contributed by atoms with Crippen LogP contribution in [0.25, 0.3) is 11.0 Å². The molecule has 0 unspecified atom stereocenters. The Morgan fingerprint density at radius 3 is 2.62 bits per heavy atom. The van der Waals surface area contributed by atoms with Gasteiger partial charge < -0.3 is 4.57 Å². The molecule has 24 heavy (non-hydrogen) atoms. The number of halogens is 3. The van der Waals surface area contributed by atoms with Crippen molar-refractivity contribution < 1.29 is 13.2 Å². The fraction of sp³-hybridized carbons (Fsp3) is 0.312. The maximum atomic E-state index is 12.8. The Labute approximate surface area is 136 Å². The topological polar surface area (TPSA) is 46.8 Å². The van der Waals surface area contributed by atoms with Crippen molar-refractivity contribution >= 4 is 11.0 Å². The Kier molecular flexibility index (Phi) is 4.23. The molecule has 0 aliphatic heterocycles. The van der Waals surface area contributed by atoms with Crippen LogP contribution in [0.5, 0.6) is 0 Å². The van der Waals surface area contributed by atoms with E-state index in [2.05, 4.69) is 15.0 Å². The van der Waals surface area contributed by atoms with E-state index >= 15 is 0 Å². The Balaban J connectivity index is 1.83. The van der Waals surface area contributed by atoms with E-state index in [0.717, 1.165) is 17.8 Å². The fourth-order valence-electron chi connectivity index (χ4n) is 2.55. The van der Waals surface area contributed by atoms with Crippen molar-refractivity contribution in [1.29, 1.82) is 0 Å². The molecule has 126 valence electrons. The predicted octanol–water partition coefficient (Wildman–Crippen LogP) is 3.01. The number of alkyl halides is 3. The van der Waals surface area contributed by atoms with E-state index in [1.807, 2.05) is 16.5 Å². The first kappa shape index (κ1) is 16.4. The van der Waals surface area contributed by atoms with Crippen LogP contribution < -0.4 is 0 Å². The van der Waals surface area contributed by atoms with Crippen LogP contribution in [0, 0.1) is 0 Å². The van der Waals surface area contributed by atoms with E-state index in [-0.39, 0.29) is 0 Å². The second-order valence-electron chi connectivity index (χ2n) is 5.66. The monoisotopic (exact) mass is 335 g/mol. The lowest BCUT2D eigenvalue weighted by Gasteiger charge is -2.15. The van der Waals surface area contributed by atoms with Gasteiger partial charge in [-0.25, -0.2) is 4.98 Å². The van der Waals surface area contributed by atoms with Crippen LogP contribution in [0.1, 0.15) is 17.1 Å². The minimum atomic E-state index is -4.37. The lowest BCUT2D eigenvalue weighted by molar-refractivity contribution is -0.137. The number of fused-ring (bicyclic) bond motifs is 1. The lowest BCUT2D eigenvalue weighted by atomic mass is 10.2. The van der Waals surface area contributed by atoms with Crippen LogP contribution in [0.2, 0.25) is 0 Å². The van der Waals surface area contributed by atoms with Crippen LogP contribution >= 0.6 is 0 Å². The first-order chi connectivity index (χ1) is 11.3. The summed E-state index contributed by atoms with van der Waals surface area (Å²) in [6, 6.07) is 3.62. The maximum absolute atomic E-state index is 12.8. The van der Waals surface area contributed by atoms with Crippen molar-refractivity contribution in [3.8, 4) is 0 Å². The maximum Gasteiger partial charge on any atom is 0.416 e. The molecule has 3 rings (SSSR count). The van der Waals surface area contributed by atoms with Crippen molar-refractivity contribution in [2.75, 3.05) is 7.05 Å². The smallest absolute Gasteiger partial charge is 0.330 e. The zero-order valence-corrected chi connectivity index (χ0v) is 13.2. The molecule has 2 heterocycles. The average Bonchev–Trinajstić information content (AvgIpc) is 2.83. The quantitative estimate of drug-likeness (QED) is 0.735. The highest BCUT2D eigenvalue weighted by atomic mass is 19.4. The summed E-state index contributed by atoms with van der Waals surface area (Å²) in [4.78, 5) is 14.6. The van der Waals surface area contributed by atoms with Gasteiger partial charge in [-0.15, -0.1) is 0 Å². The Morgan fingerprint density at radius 1 is 1.17 bits per heavy atom. The molecule has 5 nitrogen and oxygen atoms in total. The van der Waals surface area contributed by atoms with Gasteiger partial charge in [-0.3, -0.25) is 14.9 Å². The van der Waals surface area contributed by atoms with Gasteiger partial charge in [0.05, 0.1) is 28.8 Å². The van der Waals surface area contributed by atoms with Crippen molar-refractivity contribution in [3.05, 3.63) is 53.9 Å². The summed E-state index contributed by atoms with van der Waals surface area (Å²) < 4.78 is 40.3. The fourth-order valence-corrected chi connectivity index (χ4v) is 2.55. The summed E-state index contributed by atoms with van der Waals surface area (Å²) in [6.07, 6.45) is 0.541. The Morgan fingerprint density at radius 2 is 1.96 bits per heavy atom. The van der Waals surface area contributed by atoms with Gasteiger partial charge >= 0.3 is 6.18 Å². The van der Waals surface area contributed by atoms with Crippen molar-refractivity contribution in [2.45, 2.75) is 19.3 Å². The van der Waals surface area contributed by atoms with E-state index in [4.69, 9.17) is 0 Å². The third kappa shape index (κ3) is 3.38. The molecular formula is C16H16F3N5. The molecule has 0 aliphatic rings. The van der Waals surface area contributed by atoms with E-state index in [9.17, 15) is 13.2 Å². The Bertz CT molecular complexity index is 842. The highest BCUT2D eigenvalue weighted by Gasteiger charge is 2.31. The van der Waals surface area contributed by atoms with Gasteiger partial charge in [-0.1, -0.05) is 0 Å². The normalized spacial score (nSPS) is 12.2. The Hall–Kier alpha value is -2.48. The first-order valence-corrected chi connectivity index (χ1v) is 7.30. The number of benzene rings is 1. The molecule has 0 fully saturated rings. The van der Waals surface area contributed by atoms with Crippen LogP contribution in [-0.4, -0.2) is 31.5 Å². The van der Waals surface area contributed by atoms with Crippen molar-refractivity contribution in [3.63, 3.8) is 0 Å². The number of aromatic nitrogens is 4. The SMILES string of the molecule is CN(Cc1cnccn1)Cc1nc2cc(C(F)(F)F)ccc2n1C. The van der Waals surface area contributed by atoms with Gasteiger partial charge in [-0.05, 0) is 25.2 Å². The molecule has 3 aromatic rings. The second kappa shape index (κ2) is 6.20. The molecule has 0 N–H and O–H groups in total. The first-order valence-electron chi connectivity index (χ1n) is 7.30. The zero-order chi connectivity index (χ0) is 17.3. The molecular weight excluding hydrogens is 319 g/mol. The standard InChI is InChI=1S/C16H16F3N5/c1-23(9-12-8-20-5-6-21-12)10-15-22-13-7-11(16(17,18)19)3-4-14(13)24(15)2/h3-8H,9-10H2,1-2H3. The minimum absolute atomic E-state index is 0.343. The molecule has 0 saturated carbocycles. The van der Waals surface area contributed by atoms with Crippen LogP contribution in [0.3, 0.4) is 0 Å². The van der Waals surface area contributed by atoms with Gasteiger partial charge in [0.1, 0.15) is 5.82 Å². The second-order valence-corrected chi connectivity index (χ2v) is 5.66. The van der Waals surface area contributed by atoms with Gasteiger partial charge in [0, 0.05) is 32.2 Å². The predicted molar refractivity (Wildman–Crippen MR) is 82.9 cm³/mol. The largest absolute Gasteiger partial charge is 0.416 e. The highest BCUT2D eigenvalue weighted by molar-refractivity contribution is 5.77. The highest BCUT2D eigenvalue weighted by Crippen LogP contribution is 2.31. The molecule has 1 aromatic carbocycles. The van der Waals surface area contributed by atoms with E-state index in [1.165, 1.54) is 6.07 Å². The third-order valence-corrected chi connectivity index (χ3v) is 3.76. The van der Waals surface area contributed by atoms with Gasteiger partial charge in [0.25, 0.3) is 0 Å². The van der Waals surface area contributed by atoms with Gasteiger partial charge in [-0.2, -0.15) is 13.2 Å². The summed E-state index contributed by atoms with van der Waals surface area (Å²) in [7, 11) is 3.70. The molecule has 0 atom stereocenters. The molecule has 0 spiro atoms. The minimum Gasteiger partial charge on any atom is -0.330 e. The number of hydrogen-bond donors (Lipinski definition) is 0. The van der Waals surface area contributed by atoms with Crippen LogP contribution in [-0.2, 0) is 26.3 Å². The zero-order valence-electron chi connectivity index (χ0n) is 13.2. The summed E-state index contributed by atoms with van der Waals surface area (Å²) in [5.41, 5.74) is 1.15. The number of nitrogens with zero attached hydrogens (tertiary/aromatic N) is 5. The van der Waals surface area contributed by atoms with Gasteiger partial charge in [0.15, 0.2) is 0 Å². The molecule has 0 saturated heterocycles. The van der Waals surface area contributed by atoms with Gasteiger partial charge in [0.2, 0.25) is 0 Å². The van der Waals surface area contributed by atoms with Crippen LogP contribution in [0.15, 0.2) is 36.8 Å². The van der Waals surface area contributed by atoms with E-state index < -0.39 is 11.7 Å². The summed E-state index contributed by atoms with van der Waals surface area (Å²) in [5, 5.41) is 0. The number of aryl methyl sites for hydroxylation is 1. The molecule has 8 heteroatoms. The molecule has 0 aliphatic carbocycles. The number of rotatable bonds is 4. The molecule has 0 bridgehead atoms. The molecule has 0 radical (unpaired) electrons. The van der Waals surface area contributed by atoms with Crippen molar-refractivity contribution in [2.24, 2.45) is 7.05 Å². The van der Waals surface area contributed by atoms with Crippen LogP contribution in [0.4, 0.5) is 13.2 Å². The average molecular weight is 335 g/mol. The summed E-state index contributed by atoms with van der Waals surface area (Å²) in [5.74, 6) is 0.690. The van der Waals surface area contributed by atoms with E-state index in [0.29, 0.717) is 29.9 Å². The summed E-state index contributed by atoms with van der Waals surface area (Å²) in [6.45, 7) is 1.06. The lowest BCUT2D eigenvalue weighted by Crippen LogP contribution is -2.20. The number of hydrogen-bond acceptors (Lipinski definition) is 4. The molecule has 0 amide bonds. The number of imidazole rings is 1. The summed E-state index contributed by atoms with van der Waals surface area (Å²) >= 11 is 0.